The summed E-state index contributed by atoms with van der Waals surface area (Å²) < 4.78 is 0. The topological polar surface area (TPSA) is 116 Å². The van der Waals surface area contributed by atoms with E-state index >= 15 is 0 Å². The number of hydrogen-bond acceptors (Lipinski definition) is 4. The molecule has 1 aromatic heterocycles. The minimum Gasteiger partial charge on any atom is -0.340 e. The van der Waals surface area contributed by atoms with E-state index in [0.717, 1.165) is 0 Å². The zero-order valence-electron chi connectivity index (χ0n) is 14.1. The van der Waals surface area contributed by atoms with Crippen LogP contribution in [-0.2, 0) is 0 Å². The third-order valence-corrected chi connectivity index (χ3v) is 4.17. The Labute approximate surface area is 169 Å². The van der Waals surface area contributed by atoms with Gasteiger partial charge < -0.3 is 10.3 Å². The van der Waals surface area contributed by atoms with E-state index in [-0.39, 0.29) is 22.0 Å². The van der Waals surface area contributed by atoms with Gasteiger partial charge in [0, 0.05) is 10.7 Å². The average Bonchev–Trinajstić information content (AvgIpc) is 3.18. The highest BCUT2D eigenvalue weighted by Gasteiger charge is 2.21. The van der Waals surface area contributed by atoms with Gasteiger partial charge in [-0.15, -0.1) is 0 Å². The molecule has 2 aromatic carbocycles. The van der Waals surface area contributed by atoms with Crippen molar-refractivity contribution in [3.63, 3.8) is 0 Å². The molecule has 0 atom stereocenters. The monoisotopic (exact) mass is 417 g/mol. The van der Waals surface area contributed by atoms with Gasteiger partial charge in [-0.2, -0.15) is 0 Å². The van der Waals surface area contributed by atoms with Crippen LogP contribution in [0.2, 0.25) is 10.0 Å². The van der Waals surface area contributed by atoms with E-state index in [2.05, 4.69) is 26.1 Å². The zero-order valence-corrected chi connectivity index (χ0v) is 15.6. The van der Waals surface area contributed by atoms with E-state index in [0.29, 0.717) is 10.7 Å². The van der Waals surface area contributed by atoms with Crippen LogP contribution in [0.4, 0.5) is 5.69 Å². The van der Waals surface area contributed by atoms with E-state index in [1.807, 2.05) is 0 Å². The third kappa shape index (κ3) is 4.48. The van der Waals surface area contributed by atoms with Crippen LogP contribution in [0, 0.1) is 0 Å². The van der Waals surface area contributed by atoms with Crippen LogP contribution in [0.3, 0.4) is 0 Å². The van der Waals surface area contributed by atoms with E-state index in [1.54, 1.807) is 42.5 Å². The smallest absolute Gasteiger partial charge is 0.290 e. The number of nitrogens with one attached hydrogen (secondary N) is 4. The van der Waals surface area contributed by atoms with E-state index in [1.165, 1.54) is 12.4 Å². The molecule has 3 aromatic rings. The molecule has 0 spiro atoms. The van der Waals surface area contributed by atoms with Crippen molar-refractivity contribution in [2.45, 2.75) is 0 Å². The summed E-state index contributed by atoms with van der Waals surface area (Å²) in [5, 5.41) is 3.37. The Morgan fingerprint density at radius 1 is 0.857 bits per heavy atom. The van der Waals surface area contributed by atoms with Crippen LogP contribution in [0.15, 0.2) is 54.9 Å². The summed E-state index contributed by atoms with van der Waals surface area (Å²) in [4.78, 5) is 43.2. The fourth-order valence-electron chi connectivity index (χ4n) is 2.25. The minimum atomic E-state index is -0.775. The maximum absolute atomic E-state index is 12.4. The first-order chi connectivity index (χ1) is 13.5. The lowest BCUT2D eigenvalue weighted by Crippen LogP contribution is -2.42. The van der Waals surface area contributed by atoms with Crippen molar-refractivity contribution >= 4 is 46.6 Å². The van der Waals surface area contributed by atoms with Gasteiger partial charge in [0.2, 0.25) is 0 Å². The van der Waals surface area contributed by atoms with Crippen molar-refractivity contribution in [2.75, 3.05) is 5.32 Å². The second-order valence-electron chi connectivity index (χ2n) is 5.48. The normalized spacial score (nSPS) is 10.2. The third-order valence-electron chi connectivity index (χ3n) is 3.59. The summed E-state index contributed by atoms with van der Waals surface area (Å²) in [7, 11) is 0. The number of hydrazine groups is 1. The molecule has 0 fully saturated rings. The number of carbonyl (C=O) groups is 3. The molecule has 0 aliphatic rings. The van der Waals surface area contributed by atoms with Gasteiger partial charge in [-0.3, -0.25) is 25.2 Å². The standard InChI is InChI=1S/C18H13Cl2N5O3/c19-10-5-7-11(8-6-10)23-17(27)14-15(22-9-21-14)18(28)25-24-16(26)12-3-1-2-4-13(12)20/h1-9H,(H,21,22)(H,23,27)(H,24,26)(H,25,28). The number of hydrogen-bond donors (Lipinski definition) is 4. The molecule has 28 heavy (non-hydrogen) atoms. The summed E-state index contributed by atoms with van der Waals surface area (Å²) in [6, 6.07) is 12.8. The van der Waals surface area contributed by atoms with Gasteiger partial charge in [0.1, 0.15) is 5.69 Å². The second-order valence-corrected chi connectivity index (χ2v) is 6.32. The van der Waals surface area contributed by atoms with Crippen molar-refractivity contribution in [3.05, 3.63) is 81.9 Å². The number of aromatic nitrogens is 2. The number of H-pyrrole nitrogens is 1. The number of anilines is 1. The molecule has 0 saturated carbocycles. The largest absolute Gasteiger partial charge is 0.340 e. The Kier molecular flexibility index (Phi) is 5.93. The molecule has 8 nitrogen and oxygen atoms in total. The molecule has 4 N–H and O–H groups in total. The van der Waals surface area contributed by atoms with Crippen LogP contribution in [0.25, 0.3) is 0 Å². The van der Waals surface area contributed by atoms with E-state index in [9.17, 15) is 14.4 Å². The summed E-state index contributed by atoms with van der Waals surface area (Å²) in [5.74, 6) is -1.97. The van der Waals surface area contributed by atoms with Crippen LogP contribution in [0.5, 0.6) is 0 Å². The van der Waals surface area contributed by atoms with Gasteiger partial charge in [-0.1, -0.05) is 35.3 Å². The Bertz CT molecular complexity index is 1030. The van der Waals surface area contributed by atoms with Crippen molar-refractivity contribution in [3.8, 4) is 0 Å². The van der Waals surface area contributed by atoms with E-state index < -0.39 is 17.7 Å². The molecular weight excluding hydrogens is 405 g/mol. The van der Waals surface area contributed by atoms with E-state index in [4.69, 9.17) is 23.2 Å². The van der Waals surface area contributed by atoms with Gasteiger partial charge in [-0.25, -0.2) is 4.98 Å². The molecule has 3 amide bonds. The quantitative estimate of drug-likeness (QED) is 0.488. The fourth-order valence-corrected chi connectivity index (χ4v) is 2.60. The van der Waals surface area contributed by atoms with Gasteiger partial charge in [-0.05, 0) is 36.4 Å². The number of aromatic amines is 1. The number of rotatable bonds is 4. The highest BCUT2D eigenvalue weighted by atomic mass is 35.5. The Morgan fingerprint density at radius 2 is 1.54 bits per heavy atom. The first-order valence-corrected chi connectivity index (χ1v) is 8.67. The predicted molar refractivity (Wildman–Crippen MR) is 104 cm³/mol. The summed E-state index contributed by atoms with van der Waals surface area (Å²) in [6.45, 7) is 0. The summed E-state index contributed by atoms with van der Waals surface area (Å²) in [5.41, 5.74) is 4.84. The van der Waals surface area contributed by atoms with Crippen LogP contribution >= 0.6 is 23.2 Å². The lowest BCUT2D eigenvalue weighted by molar-refractivity contribution is 0.0842. The van der Waals surface area contributed by atoms with Crippen LogP contribution in [0.1, 0.15) is 31.3 Å². The van der Waals surface area contributed by atoms with Gasteiger partial charge in [0.25, 0.3) is 17.7 Å². The maximum atomic E-state index is 12.4. The van der Waals surface area contributed by atoms with Crippen molar-refractivity contribution in [1.82, 2.24) is 20.8 Å². The molecule has 10 heteroatoms. The molecule has 0 aliphatic carbocycles. The second kappa shape index (κ2) is 8.55. The molecule has 1 heterocycles. The highest BCUT2D eigenvalue weighted by molar-refractivity contribution is 6.33. The van der Waals surface area contributed by atoms with Gasteiger partial charge in [0.15, 0.2) is 5.69 Å². The number of amides is 3. The average molecular weight is 418 g/mol. The summed E-state index contributed by atoms with van der Waals surface area (Å²) in [6.07, 6.45) is 1.20. The molecule has 0 aliphatic heterocycles. The number of halogens is 2. The highest BCUT2D eigenvalue weighted by Crippen LogP contribution is 2.15. The molecule has 0 saturated heterocycles. The van der Waals surface area contributed by atoms with Crippen molar-refractivity contribution in [1.29, 1.82) is 0 Å². The number of carbonyl (C=O) groups excluding carboxylic acids is 3. The van der Waals surface area contributed by atoms with Crippen LogP contribution in [-0.4, -0.2) is 27.7 Å². The fraction of sp³-hybridized carbons (Fsp3) is 0. The number of benzene rings is 2. The Hall–Kier alpha value is -3.36. The summed E-state index contributed by atoms with van der Waals surface area (Å²) >= 11 is 11.7. The molecule has 0 bridgehead atoms. The molecule has 3 rings (SSSR count). The predicted octanol–water partition coefficient (Wildman–Crippen LogP) is 3.04. The zero-order chi connectivity index (χ0) is 20.1. The first-order valence-electron chi connectivity index (χ1n) is 7.91. The van der Waals surface area contributed by atoms with Crippen molar-refractivity contribution in [2.24, 2.45) is 0 Å². The number of nitrogens with zero attached hydrogens (tertiary/aromatic N) is 1. The molecule has 142 valence electrons. The van der Waals surface area contributed by atoms with Gasteiger partial charge in [0.05, 0.1) is 16.9 Å². The lowest BCUT2D eigenvalue weighted by atomic mass is 10.2. The maximum Gasteiger partial charge on any atom is 0.290 e. The van der Waals surface area contributed by atoms with Crippen LogP contribution < -0.4 is 16.2 Å². The molecule has 0 radical (unpaired) electrons. The van der Waals surface area contributed by atoms with Crippen molar-refractivity contribution < 1.29 is 14.4 Å². The molecular formula is C18H13Cl2N5O3. The Balaban J connectivity index is 1.66. The minimum absolute atomic E-state index is 0.0700. The number of imidazole rings is 1. The SMILES string of the molecule is O=C(NNC(=O)c1nc[nH]c1C(=O)Nc1ccc(Cl)cc1)c1ccccc1Cl. The van der Waals surface area contributed by atoms with Gasteiger partial charge >= 0.3 is 0 Å². The Morgan fingerprint density at radius 3 is 2.25 bits per heavy atom. The molecule has 0 unspecified atom stereocenters. The lowest BCUT2D eigenvalue weighted by Gasteiger charge is -2.09. The first kappa shape index (κ1) is 19.4.